The van der Waals surface area contributed by atoms with Crippen molar-refractivity contribution in [1.82, 2.24) is 0 Å². The molecular formula is C21H22O2. The van der Waals surface area contributed by atoms with Crippen molar-refractivity contribution < 1.29 is 9.59 Å². The number of ketones is 2. The SMILES string of the molecule is Cc1ccc(C2C(=O)CC(c3ccccc3C)CC2=O)c(C)c1. The van der Waals surface area contributed by atoms with Crippen LogP contribution in [0.3, 0.4) is 0 Å². The first-order valence-electron chi connectivity index (χ1n) is 8.15. The van der Waals surface area contributed by atoms with Crippen molar-refractivity contribution in [2.75, 3.05) is 0 Å². The summed E-state index contributed by atoms with van der Waals surface area (Å²) >= 11 is 0. The van der Waals surface area contributed by atoms with Crippen molar-refractivity contribution in [1.29, 1.82) is 0 Å². The van der Waals surface area contributed by atoms with Crippen LogP contribution in [-0.4, -0.2) is 11.6 Å². The zero-order chi connectivity index (χ0) is 16.6. The zero-order valence-electron chi connectivity index (χ0n) is 13.9. The quantitative estimate of drug-likeness (QED) is 0.770. The van der Waals surface area contributed by atoms with Crippen LogP contribution in [0, 0.1) is 20.8 Å². The highest BCUT2D eigenvalue weighted by atomic mass is 16.2. The highest BCUT2D eigenvalue weighted by Gasteiger charge is 2.37. The summed E-state index contributed by atoms with van der Waals surface area (Å²) < 4.78 is 0. The molecule has 2 nitrogen and oxygen atoms in total. The number of hydrogen-bond donors (Lipinski definition) is 0. The van der Waals surface area contributed by atoms with Crippen LogP contribution >= 0.6 is 0 Å². The maximum Gasteiger partial charge on any atom is 0.148 e. The van der Waals surface area contributed by atoms with Gasteiger partial charge < -0.3 is 0 Å². The molecule has 1 aliphatic carbocycles. The van der Waals surface area contributed by atoms with E-state index < -0.39 is 5.92 Å². The molecule has 118 valence electrons. The maximum absolute atomic E-state index is 12.7. The van der Waals surface area contributed by atoms with E-state index in [0.29, 0.717) is 12.8 Å². The molecule has 2 aromatic rings. The maximum atomic E-state index is 12.7. The number of hydrogen-bond acceptors (Lipinski definition) is 2. The Labute approximate surface area is 137 Å². The molecule has 0 spiro atoms. The minimum absolute atomic E-state index is 0.0261. The molecule has 0 atom stereocenters. The second kappa shape index (κ2) is 6.11. The monoisotopic (exact) mass is 306 g/mol. The molecule has 1 saturated carbocycles. The van der Waals surface area contributed by atoms with E-state index in [1.165, 1.54) is 0 Å². The highest BCUT2D eigenvalue weighted by molar-refractivity contribution is 6.10. The molecule has 0 bridgehead atoms. The molecule has 2 heteroatoms. The predicted octanol–water partition coefficient (Wildman–Crippen LogP) is 4.41. The molecule has 0 aromatic heterocycles. The van der Waals surface area contributed by atoms with E-state index >= 15 is 0 Å². The molecule has 0 N–H and O–H groups in total. The fraction of sp³-hybridized carbons (Fsp3) is 0.333. The van der Waals surface area contributed by atoms with Crippen molar-refractivity contribution in [2.24, 2.45) is 0 Å². The highest BCUT2D eigenvalue weighted by Crippen LogP contribution is 2.38. The van der Waals surface area contributed by atoms with Crippen LogP contribution in [0.4, 0.5) is 0 Å². The summed E-state index contributed by atoms with van der Waals surface area (Å²) in [7, 11) is 0. The van der Waals surface area contributed by atoms with Crippen LogP contribution in [-0.2, 0) is 9.59 Å². The normalized spacial score (nSPS) is 21.5. The molecule has 1 aliphatic rings. The average molecular weight is 306 g/mol. The summed E-state index contributed by atoms with van der Waals surface area (Å²) in [6, 6.07) is 14.0. The largest absolute Gasteiger partial charge is 0.298 e. The van der Waals surface area contributed by atoms with Crippen molar-refractivity contribution in [3.63, 3.8) is 0 Å². The lowest BCUT2D eigenvalue weighted by molar-refractivity contribution is -0.132. The summed E-state index contributed by atoms with van der Waals surface area (Å²) in [5.41, 5.74) is 5.36. The zero-order valence-corrected chi connectivity index (χ0v) is 13.9. The third-order valence-electron chi connectivity index (χ3n) is 4.90. The summed E-state index contributed by atoms with van der Waals surface area (Å²) in [5.74, 6) is -0.433. The van der Waals surface area contributed by atoms with Crippen LogP contribution in [0.5, 0.6) is 0 Å². The lowest BCUT2D eigenvalue weighted by Crippen LogP contribution is -2.31. The molecule has 3 rings (SSSR count). The van der Waals surface area contributed by atoms with Crippen molar-refractivity contribution in [3.05, 3.63) is 70.3 Å². The topological polar surface area (TPSA) is 34.1 Å². The van der Waals surface area contributed by atoms with Crippen LogP contribution < -0.4 is 0 Å². The lowest BCUT2D eigenvalue weighted by atomic mass is 9.73. The van der Waals surface area contributed by atoms with Crippen LogP contribution in [0.1, 0.15) is 52.5 Å². The molecule has 0 amide bonds. The summed E-state index contributed by atoms with van der Waals surface area (Å²) in [4.78, 5) is 25.4. The van der Waals surface area contributed by atoms with E-state index in [1.807, 2.05) is 63.2 Å². The van der Waals surface area contributed by atoms with Gasteiger partial charge in [-0.3, -0.25) is 9.59 Å². The number of rotatable bonds is 2. The van der Waals surface area contributed by atoms with Gasteiger partial charge in [0.1, 0.15) is 17.5 Å². The van der Waals surface area contributed by atoms with Gasteiger partial charge in [0.15, 0.2) is 0 Å². The first kappa shape index (κ1) is 15.7. The predicted molar refractivity (Wildman–Crippen MR) is 91.8 cm³/mol. The Balaban J connectivity index is 1.90. The molecule has 23 heavy (non-hydrogen) atoms. The molecule has 2 aromatic carbocycles. The van der Waals surface area contributed by atoms with Crippen LogP contribution in [0.15, 0.2) is 42.5 Å². The smallest absolute Gasteiger partial charge is 0.148 e. The second-order valence-corrected chi connectivity index (χ2v) is 6.69. The van der Waals surface area contributed by atoms with E-state index in [-0.39, 0.29) is 17.5 Å². The third-order valence-corrected chi connectivity index (χ3v) is 4.90. The number of aryl methyl sites for hydroxylation is 3. The van der Waals surface area contributed by atoms with Gasteiger partial charge in [0.05, 0.1) is 0 Å². The van der Waals surface area contributed by atoms with Gasteiger partial charge in [-0.2, -0.15) is 0 Å². The van der Waals surface area contributed by atoms with Crippen molar-refractivity contribution >= 4 is 11.6 Å². The van der Waals surface area contributed by atoms with E-state index in [1.54, 1.807) is 0 Å². The van der Waals surface area contributed by atoms with Gasteiger partial charge in [-0.25, -0.2) is 0 Å². The Bertz CT molecular complexity index is 755. The Morgan fingerprint density at radius 1 is 0.783 bits per heavy atom. The first-order valence-corrected chi connectivity index (χ1v) is 8.15. The van der Waals surface area contributed by atoms with E-state index in [2.05, 4.69) is 0 Å². The number of Topliss-reactive ketones (excluding diaryl/α,β-unsaturated/α-hetero) is 2. The average Bonchev–Trinajstić information content (AvgIpc) is 2.49. The Kier molecular flexibility index (Phi) is 4.16. The van der Waals surface area contributed by atoms with Crippen LogP contribution in [0.25, 0.3) is 0 Å². The van der Waals surface area contributed by atoms with Gasteiger partial charge in [0.2, 0.25) is 0 Å². The minimum Gasteiger partial charge on any atom is -0.298 e. The van der Waals surface area contributed by atoms with Gasteiger partial charge in [0.25, 0.3) is 0 Å². The number of benzene rings is 2. The van der Waals surface area contributed by atoms with E-state index in [9.17, 15) is 9.59 Å². The third kappa shape index (κ3) is 2.98. The Morgan fingerprint density at radius 3 is 2.04 bits per heavy atom. The Hall–Kier alpha value is -2.22. The number of carbonyl (C=O) groups excluding carboxylic acids is 2. The van der Waals surface area contributed by atoms with Gasteiger partial charge >= 0.3 is 0 Å². The van der Waals surface area contributed by atoms with Gasteiger partial charge in [-0.1, -0.05) is 48.0 Å². The lowest BCUT2D eigenvalue weighted by Gasteiger charge is -2.28. The van der Waals surface area contributed by atoms with Crippen molar-refractivity contribution in [2.45, 2.75) is 45.4 Å². The number of carbonyl (C=O) groups is 2. The molecular weight excluding hydrogens is 284 g/mol. The standard InChI is InChI=1S/C21H22O2/c1-13-8-9-18(15(3)10-13)21-19(22)11-16(12-20(21)23)17-7-5-4-6-14(17)2/h4-10,16,21H,11-12H2,1-3H3. The van der Waals surface area contributed by atoms with Gasteiger partial charge in [-0.15, -0.1) is 0 Å². The Morgan fingerprint density at radius 2 is 1.43 bits per heavy atom. The van der Waals surface area contributed by atoms with E-state index in [0.717, 1.165) is 27.8 Å². The molecule has 0 heterocycles. The van der Waals surface area contributed by atoms with Gasteiger partial charge in [-0.05, 0) is 48.9 Å². The molecule has 1 fully saturated rings. The first-order chi connectivity index (χ1) is 11.0. The summed E-state index contributed by atoms with van der Waals surface area (Å²) in [6.07, 6.45) is 0.906. The van der Waals surface area contributed by atoms with Crippen LogP contribution in [0.2, 0.25) is 0 Å². The second-order valence-electron chi connectivity index (χ2n) is 6.69. The van der Waals surface area contributed by atoms with Gasteiger partial charge in [0, 0.05) is 12.8 Å². The van der Waals surface area contributed by atoms with E-state index in [4.69, 9.17) is 0 Å². The molecule has 0 unspecified atom stereocenters. The fourth-order valence-corrected chi connectivity index (χ4v) is 3.73. The minimum atomic E-state index is -0.573. The summed E-state index contributed by atoms with van der Waals surface area (Å²) in [5, 5.41) is 0. The summed E-state index contributed by atoms with van der Waals surface area (Å²) in [6.45, 7) is 6.05. The molecule has 0 saturated heterocycles. The molecule has 0 aliphatic heterocycles. The fourth-order valence-electron chi connectivity index (χ4n) is 3.73. The molecule has 0 radical (unpaired) electrons. The van der Waals surface area contributed by atoms with Crippen molar-refractivity contribution in [3.8, 4) is 0 Å².